The van der Waals surface area contributed by atoms with E-state index >= 15 is 0 Å². The van der Waals surface area contributed by atoms with Crippen molar-refractivity contribution < 1.29 is 8.42 Å². The Morgan fingerprint density at radius 2 is 2.05 bits per heavy atom. The van der Waals surface area contributed by atoms with Crippen LogP contribution in [0.15, 0.2) is 15.7 Å². The third-order valence-corrected chi connectivity index (χ3v) is 8.15. The van der Waals surface area contributed by atoms with Gasteiger partial charge in [0.05, 0.1) is 0 Å². The van der Waals surface area contributed by atoms with Crippen molar-refractivity contribution in [2.45, 2.75) is 55.3 Å². The van der Waals surface area contributed by atoms with Crippen molar-refractivity contribution in [3.05, 3.63) is 17.0 Å². The summed E-state index contributed by atoms with van der Waals surface area (Å²) in [7, 11) is -1.42. The van der Waals surface area contributed by atoms with E-state index in [2.05, 4.69) is 5.32 Å². The number of thiophene rings is 1. The van der Waals surface area contributed by atoms with Gasteiger partial charge in [-0.15, -0.1) is 11.3 Å². The molecule has 0 bridgehead atoms. The van der Waals surface area contributed by atoms with E-state index in [1.165, 1.54) is 37.0 Å². The number of hydrogen-bond acceptors (Lipinski definition) is 4. The van der Waals surface area contributed by atoms with Gasteiger partial charge in [-0.2, -0.15) is 4.31 Å². The summed E-state index contributed by atoms with van der Waals surface area (Å²) in [6.07, 6.45) is 6.98. The van der Waals surface area contributed by atoms with Crippen LogP contribution in [0.4, 0.5) is 0 Å². The number of hydrogen-bond donors (Lipinski definition) is 1. The highest BCUT2D eigenvalue weighted by molar-refractivity contribution is 7.91. The summed E-state index contributed by atoms with van der Waals surface area (Å²) < 4.78 is 28.2. The van der Waals surface area contributed by atoms with Gasteiger partial charge in [-0.05, 0) is 55.7 Å². The summed E-state index contributed by atoms with van der Waals surface area (Å²) in [6.45, 7) is 1.42. The molecule has 6 heteroatoms. The third-order valence-electron chi connectivity index (χ3n) is 4.77. The quantitative estimate of drug-likeness (QED) is 0.904. The van der Waals surface area contributed by atoms with Gasteiger partial charge in [0.25, 0.3) is 10.0 Å². The van der Waals surface area contributed by atoms with Crippen LogP contribution >= 0.6 is 11.3 Å². The first-order valence-corrected chi connectivity index (χ1v) is 10.2. The maximum atomic E-state index is 12.9. The maximum Gasteiger partial charge on any atom is 0.252 e. The normalized spacial score (nSPS) is 24.9. The summed E-state index contributed by atoms with van der Waals surface area (Å²) in [6, 6.07) is 2.08. The van der Waals surface area contributed by atoms with E-state index in [9.17, 15) is 8.42 Å². The first-order chi connectivity index (χ1) is 10.1. The smallest absolute Gasteiger partial charge is 0.252 e. The zero-order valence-corrected chi connectivity index (χ0v) is 14.2. The van der Waals surface area contributed by atoms with E-state index < -0.39 is 10.0 Å². The average Bonchev–Trinajstić information content (AvgIpc) is 3.20. The standard InChI is InChI=1S/C15H24N2O2S2/c1-16-10-12-9-15(20-11-12)21(18,19)17-8-4-7-14(17)13-5-2-3-6-13/h9,11,13-14,16H,2-8,10H2,1H3. The molecule has 0 radical (unpaired) electrons. The Balaban J connectivity index is 1.82. The Labute approximate surface area is 131 Å². The summed E-state index contributed by atoms with van der Waals surface area (Å²) in [5.74, 6) is 0.582. The van der Waals surface area contributed by atoms with Crippen LogP contribution in [0.25, 0.3) is 0 Å². The maximum absolute atomic E-state index is 12.9. The lowest BCUT2D eigenvalue weighted by molar-refractivity contribution is 0.289. The molecule has 4 nitrogen and oxygen atoms in total. The van der Waals surface area contributed by atoms with Gasteiger partial charge in [0.2, 0.25) is 0 Å². The van der Waals surface area contributed by atoms with Gasteiger partial charge in [0.15, 0.2) is 0 Å². The van der Waals surface area contributed by atoms with Crippen molar-refractivity contribution in [2.24, 2.45) is 5.92 Å². The summed E-state index contributed by atoms with van der Waals surface area (Å²) in [5, 5.41) is 5.02. The van der Waals surface area contributed by atoms with Crippen molar-refractivity contribution in [2.75, 3.05) is 13.6 Å². The Bertz CT molecular complexity index is 576. The zero-order chi connectivity index (χ0) is 14.9. The van der Waals surface area contributed by atoms with E-state index in [1.807, 2.05) is 18.5 Å². The van der Waals surface area contributed by atoms with E-state index in [-0.39, 0.29) is 6.04 Å². The van der Waals surface area contributed by atoms with Gasteiger partial charge in [-0.25, -0.2) is 8.42 Å². The van der Waals surface area contributed by atoms with E-state index in [0.29, 0.717) is 16.7 Å². The molecule has 1 unspecified atom stereocenters. The average molecular weight is 329 g/mol. The minimum absolute atomic E-state index is 0.243. The lowest BCUT2D eigenvalue weighted by Gasteiger charge is -2.28. The number of rotatable bonds is 5. The second-order valence-corrected chi connectivity index (χ2v) is 9.20. The molecule has 2 aliphatic rings. The van der Waals surface area contributed by atoms with Crippen LogP contribution in [-0.2, 0) is 16.6 Å². The molecule has 2 heterocycles. The number of nitrogens with one attached hydrogen (secondary N) is 1. The van der Waals surface area contributed by atoms with Crippen LogP contribution in [0.2, 0.25) is 0 Å². The van der Waals surface area contributed by atoms with Gasteiger partial charge >= 0.3 is 0 Å². The molecule has 1 aliphatic carbocycles. The minimum atomic E-state index is -3.30. The van der Waals surface area contributed by atoms with Crippen LogP contribution in [0.3, 0.4) is 0 Å². The fourth-order valence-electron chi connectivity index (χ4n) is 3.78. The van der Waals surface area contributed by atoms with E-state index in [4.69, 9.17) is 0 Å². The molecule has 1 aliphatic heterocycles. The van der Waals surface area contributed by atoms with Gasteiger partial charge in [0, 0.05) is 19.1 Å². The molecular formula is C15H24N2O2S2. The molecular weight excluding hydrogens is 304 g/mol. The Kier molecular flexibility index (Phi) is 4.69. The predicted molar refractivity (Wildman–Crippen MR) is 86.0 cm³/mol. The summed E-state index contributed by atoms with van der Waals surface area (Å²) >= 11 is 1.36. The molecule has 3 rings (SSSR count). The SMILES string of the molecule is CNCc1csc(S(=O)(=O)N2CCCC2C2CCCC2)c1. The molecule has 1 aromatic rings. The van der Waals surface area contributed by atoms with Crippen molar-refractivity contribution in [3.8, 4) is 0 Å². The molecule has 2 fully saturated rings. The summed E-state index contributed by atoms with van der Waals surface area (Å²) in [4.78, 5) is 0. The highest BCUT2D eigenvalue weighted by atomic mass is 32.2. The van der Waals surface area contributed by atoms with Crippen LogP contribution in [0.1, 0.15) is 44.1 Å². The van der Waals surface area contributed by atoms with Crippen molar-refractivity contribution in [1.29, 1.82) is 0 Å². The van der Waals surface area contributed by atoms with Gasteiger partial charge in [-0.1, -0.05) is 12.8 Å². The van der Waals surface area contributed by atoms with E-state index in [1.54, 1.807) is 4.31 Å². The number of sulfonamides is 1. The number of nitrogens with zero attached hydrogens (tertiary/aromatic N) is 1. The molecule has 118 valence electrons. The fourth-order valence-corrected chi connectivity index (χ4v) is 6.87. The molecule has 1 N–H and O–H groups in total. The molecule has 0 spiro atoms. The summed E-state index contributed by atoms with van der Waals surface area (Å²) in [5.41, 5.74) is 1.05. The molecule has 1 saturated carbocycles. The topological polar surface area (TPSA) is 49.4 Å². The molecule has 21 heavy (non-hydrogen) atoms. The van der Waals surface area contributed by atoms with Gasteiger partial charge in [-0.3, -0.25) is 0 Å². The zero-order valence-electron chi connectivity index (χ0n) is 12.5. The molecule has 0 aromatic carbocycles. The third kappa shape index (κ3) is 3.04. The van der Waals surface area contributed by atoms with E-state index in [0.717, 1.165) is 24.9 Å². The second kappa shape index (κ2) is 6.36. The van der Waals surface area contributed by atoms with Crippen molar-refractivity contribution in [1.82, 2.24) is 9.62 Å². The van der Waals surface area contributed by atoms with Crippen LogP contribution in [0, 0.1) is 5.92 Å². The monoisotopic (exact) mass is 328 g/mol. The molecule has 0 amide bonds. The van der Waals surface area contributed by atoms with Crippen molar-refractivity contribution >= 4 is 21.4 Å². The second-order valence-electron chi connectivity index (χ2n) is 6.17. The highest BCUT2D eigenvalue weighted by Crippen LogP contribution is 2.38. The van der Waals surface area contributed by atoms with Gasteiger partial charge < -0.3 is 5.32 Å². The molecule has 1 saturated heterocycles. The highest BCUT2D eigenvalue weighted by Gasteiger charge is 2.40. The first-order valence-electron chi connectivity index (χ1n) is 7.87. The van der Waals surface area contributed by atoms with Crippen molar-refractivity contribution in [3.63, 3.8) is 0 Å². The van der Waals surface area contributed by atoms with Gasteiger partial charge in [0.1, 0.15) is 4.21 Å². The largest absolute Gasteiger partial charge is 0.316 e. The minimum Gasteiger partial charge on any atom is -0.316 e. The molecule has 1 aromatic heterocycles. The Hall–Kier alpha value is -0.430. The fraction of sp³-hybridized carbons (Fsp3) is 0.733. The Morgan fingerprint density at radius 3 is 2.76 bits per heavy atom. The lowest BCUT2D eigenvalue weighted by atomic mass is 9.97. The first kappa shape index (κ1) is 15.5. The van der Waals surface area contributed by atoms with Crippen LogP contribution in [-0.4, -0.2) is 32.4 Å². The lowest BCUT2D eigenvalue weighted by Crippen LogP contribution is -2.39. The Morgan fingerprint density at radius 1 is 1.29 bits per heavy atom. The van der Waals surface area contributed by atoms with Crippen LogP contribution in [0.5, 0.6) is 0 Å². The van der Waals surface area contributed by atoms with Crippen LogP contribution < -0.4 is 5.32 Å². The predicted octanol–water partition coefficient (Wildman–Crippen LogP) is 2.81. The molecule has 1 atom stereocenters.